The molecule has 0 saturated carbocycles. The number of likely N-dealkylation sites (tertiary alicyclic amines) is 1. The second-order valence-electron chi connectivity index (χ2n) is 8.20. The van der Waals surface area contributed by atoms with Gasteiger partial charge in [-0.15, -0.1) is 0 Å². The van der Waals surface area contributed by atoms with Crippen molar-refractivity contribution in [1.29, 1.82) is 0 Å². The monoisotopic (exact) mass is 371 g/mol. The van der Waals surface area contributed by atoms with Gasteiger partial charge in [0.2, 0.25) is 5.91 Å². The number of hydrogen-bond donors (Lipinski definition) is 0. The van der Waals surface area contributed by atoms with Crippen molar-refractivity contribution in [3.05, 3.63) is 29.8 Å². The van der Waals surface area contributed by atoms with E-state index in [0.717, 1.165) is 58.0 Å². The summed E-state index contributed by atoms with van der Waals surface area (Å²) in [6.07, 6.45) is 4.90. The molecule has 1 aromatic carbocycles. The zero-order valence-electron chi connectivity index (χ0n) is 16.6. The summed E-state index contributed by atoms with van der Waals surface area (Å²) in [6, 6.07) is 9.08. The normalized spacial score (nSPS) is 26.9. The highest BCUT2D eigenvalue weighted by atomic mass is 16.5. The van der Waals surface area contributed by atoms with E-state index in [1.165, 1.54) is 24.8 Å². The lowest BCUT2D eigenvalue weighted by Gasteiger charge is -2.35. The molecule has 0 N–H and O–H groups in total. The molecule has 4 rings (SSSR count). The Morgan fingerprint density at radius 3 is 2.78 bits per heavy atom. The Kier molecular flexibility index (Phi) is 6.11. The number of carbonyl (C=O) groups excluding carboxylic acids is 1. The summed E-state index contributed by atoms with van der Waals surface area (Å²) in [7, 11) is 0. The molecular weight excluding hydrogens is 338 g/mol. The summed E-state index contributed by atoms with van der Waals surface area (Å²) in [4.78, 5) is 20.2. The predicted molar refractivity (Wildman–Crippen MR) is 108 cm³/mol. The summed E-state index contributed by atoms with van der Waals surface area (Å²) in [6.45, 7) is 9.36. The molecule has 27 heavy (non-hydrogen) atoms. The van der Waals surface area contributed by atoms with Crippen LogP contribution in [0.15, 0.2) is 24.3 Å². The average molecular weight is 372 g/mol. The molecule has 0 radical (unpaired) electrons. The van der Waals surface area contributed by atoms with E-state index in [4.69, 9.17) is 4.74 Å². The zero-order chi connectivity index (χ0) is 18.6. The maximum atomic E-state index is 13.2. The van der Waals surface area contributed by atoms with Crippen molar-refractivity contribution >= 4 is 11.6 Å². The molecule has 0 aliphatic carbocycles. The molecule has 148 valence electrons. The number of hydrogen-bond acceptors (Lipinski definition) is 4. The number of benzene rings is 1. The third-order valence-corrected chi connectivity index (χ3v) is 6.51. The third-order valence-electron chi connectivity index (χ3n) is 6.51. The van der Waals surface area contributed by atoms with Gasteiger partial charge >= 0.3 is 0 Å². The van der Waals surface area contributed by atoms with Crippen LogP contribution in [-0.2, 0) is 9.53 Å². The lowest BCUT2D eigenvalue weighted by molar-refractivity contribution is -0.120. The molecule has 2 saturated heterocycles. The fourth-order valence-corrected chi connectivity index (χ4v) is 4.97. The first kappa shape index (κ1) is 18.9. The first-order valence-electron chi connectivity index (χ1n) is 10.7. The summed E-state index contributed by atoms with van der Waals surface area (Å²) in [5, 5.41) is 0. The highest BCUT2D eigenvalue weighted by molar-refractivity contribution is 5.97. The van der Waals surface area contributed by atoms with Gasteiger partial charge in [0.1, 0.15) is 0 Å². The fourth-order valence-electron chi connectivity index (χ4n) is 4.97. The first-order chi connectivity index (χ1) is 13.3. The number of nitrogens with zero attached hydrogens (tertiary/aromatic N) is 3. The quantitative estimate of drug-likeness (QED) is 0.797. The van der Waals surface area contributed by atoms with Gasteiger partial charge in [-0.2, -0.15) is 0 Å². The standard InChI is InChI=1S/C22H33N3O2/c1-2-19-7-5-6-10-24(19)17-22(26)25-16-18(15-23-11-13-27-14-12-23)20-8-3-4-9-21(20)25/h3-4,8-9,18-19H,2,5-7,10-17H2,1H3/t18-,19+/m0/s1. The van der Waals surface area contributed by atoms with Crippen molar-refractivity contribution in [3.8, 4) is 0 Å². The van der Waals surface area contributed by atoms with Crippen LogP contribution >= 0.6 is 0 Å². The largest absolute Gasteiger partial charge is 0.379 e. The SMILES string of the molecule is CC[C@@H]1CCCCN1CC(=O)N1C[C@H](CN2CCOCC2)c2ccccc21. The van der Waals surface area contributed by atoms with E-state index in [1.54, 1.807) is 0 Å². The van der Waals surface area contributed by atoms with E-state index in [0.29, 0.717) is 18.5 Å². The summed E-state index contributed by atoms with van der Waals surface area (Å²) < 4.78 is 5.49. The molecule has 5 nitrogen and oxygen atoms in total. The summed E-state index contributed by atoms with van der Waals surface area (Å²) in [5.74, 6) is 0.679. The van der Waals surface area contributed by atoms with Crippen molar-refractivity contribution in [2.45, 2.75) is 44.6 Å². The van der Waals surface area contributed by atoms with Crippen LogP contribution in [0.25, 0.3) is 0 Å². The van der Waals surface area contributed by atoms with Crippen molar-refractivity contribution < 1.29 is 9.53 Å². The van der Waals surface area contributed by atoms with Gasteiger partial charge in [0.15, 0.2) is 0 Å². The van der Waals surface area contributed by atoms with E-state index in [1.807, 2.05) is 0 Å². The Labute approximate surface area is 163 Å². The second kappa shape index (κ2) is 8.72. The van der Waals surface area contributed by atoms with Crippen LogP contribution in [0.1, 0.15) is 44.1 Å². The molecule has 3 heterocycles. The van der Waals surface area contributed by atoms with Crippen LogP contribution in [0, 0.1) is 0 Å². The Balaban J connectivity index is 1.45. The zero-order valence-corrected chi connectivity index (χ0v) is 16.6. The topological polar surface area (TPSA) is 36.0 Å². The number of carbonyl (C=O) groups is 1. The summed E-state index contributed by atoms with van der Waals surface area (Å²) in [5.41, 5.74) is 2.47. The minimum Gasteiger partial charge on any atom is -0.379 e. The molecule has 1 aromatic rings. The molecule has 1 amide bonds. The van der Waals surface area contributed by atoms with Crippen LogP contribution < -0.4 is 4.90 Å². The molecule has 2 fully saturated rings. The lowest BCUT2D eigenvalue weighted by Crippen LogP contribution is -2.47. The van der Waals surface area contributed by atoms with Crippen LogP contribution in [0.4, 0.5) is 5.69 Å². The smallest absolute Gasteiger partial charge is 0.241 e. The van der Waals surface area contributed by atoms with Gasteiger partial charge in [0.25, 0.3) is 0 Å². The van der Waals surface area contributed by atoms with Crippen molar-refractivity contribution in [2.24, 2.45) is 0 Å². The molecule has 2 atom stereocenters. The second-order valence-corrected chi connectivity index (χ2v) is 8.20. The molecule has 0 aromatic heterocycles. The van der Waals surface area contributed by atoms with Crippen LogP contribution in [0.2, 0.25) is 0 Å². The minimum absolute atomic E-state index is 0.271. The predicted octanol–water partition coefficient (Wildman–Crippen LogP) is 2.71. The maximum Gasteiger partial charge on any atom is 0.241 e. The molecular formula is C22H33N3O2. The number of amides is 1. The van der Waals surface area contributed by atoms with E-state index in [2.05, 4.69) is 45.9 Å². The molecule has 5 heteroatoms. The number of ether oxygens (including phenoxy) is 1. The van der Waals surface area contributed by atoms with E-state index >= 15 is 0 Å². The van der Waals surface area contributed by atoms with Gasteiger partial charge in [-0.3, -0.25) is 14.6 Å². The number of fused-ring (bicyclic) bond motifs is 1. The van der Waals surface area contributed by atoms with Crippen LogP contribution in [-0.4, -0.2) is 74.2 Å². The van der Waals surface area contributed by atoms with Gasteiger partial charge in [-0.05, 0) is 37.4 Å². The van der Waals surface area contributed by atoms with E-state index < -0.39 is 0 Å². The van der Waals surface area contributed by atoms with Crippen molar-refractivity contribution in [2.75, 3.05) is 57.4 Å². The lowest BCUT2D eigenvalue weighted by atomic mass is 10.00. The number of morpholine rings is 1. The molecule has 0 bridgehead atoms. The van der Waals surface area contributed by atoms with Crippen LogP contribution in [0.3, 0.4) is 0 Å². The van der Waals surface area contributed by atoms with Gasteiger partial charge in [0, 0.05) is 43.8 Å². The molecule has 0 unspecified atom stereocenters. The van der Waals surface area contributed by atoms with Gasteiger partial charge < -0.3 is 9.64 Å². The number of piperidine rings is 1. The third kappa shape index (κ3) is 4.20. The van der Waals surface area contributed by atoms with Crippen LogP contribution in [0.5, 0.6) is 0 Å². The Morgan fingerprint density at radius 2 is 1.96 bits per heavy atom. The molecule has 0 spiro atoms. The van der Waals surface area contributed by atoms with Crippen molar-refractivity contribution in [3.63, 3.8) is 0 Å². The number of anilines is 1. The molecule has 3 aliphatic heterocycles. The van der Waals surface area contributed by atoms with E-state index in [9.17, 15) is 4.79 Å². The number of para-hydroxylation sites is 1. The minimum atomic E-state index is 0.271. The fraction of sp³-hybridized carbons (Fsp3) is 0.682. The Bertz CT molecular complexity index is 644. The van der Waals surface area contributed by atoms with Gasteiger partial charge in [-0.1, -0.05) is 31.5 Å². The first-order valence-corrected chi connectivity index (χ1v) is 10.7. The van der Waals surface area contributed by atoms with Gasteiger partial charge in [0.05, 0.1) is 19.8 Å². The molecule has 3 aliphatic rings. The number of rotatable bonds is 5. The maximum absolute atomic E-state index is 13.2. The Morgan fingerprint density at radius 1 is 1.15 bits per heavy atom. The van der Waals surface area contributed by atoms with E-state index in [-0.39, 0.29) is 5.91 Å². The van der Waals surface area contributed by atoms with Gasteiger partial charge in [-0.25, -0.2) is 0 Å². The highest BCUT2D eigenvalue weighted by Gasteiger charge is 2.34. The summed E-state index contributed by atoms with van der Waals surface area (Å²) >= 11 is 0. The average Bonchev–Trinajstić information content (AvgIpc) is 3.08. The van der Waals surface area contributed by atoms with Crippen molar-refractivity contribution in [1.82, 2.24) is 9.80 Å². The highest BCUT2D eigenvalue weighted by Crippen LogP contribution is 2.37. The Hall–Kier alpha value is -1.43.